The maximum absolute atomic E-state index is 5.48. The van der Waals surface area contributed by atoms with Gasteiger partial charge in [0.1, 0.15) is 0 Å². The van der Waals surface area contributed by atoms with E-state index in [1.807, 2.05) is 6.92 Å². The van der Waals surface area contributed by atoms with Crippen LogP contribution in [0.3, 0.4) is 0 Å². The number of ether oxygens (including phenoxy) is 1. The summed E-state index contributed by atoms with van der Waals surface area (Å²) in [5.41, 5.74) is 5.39. The van der Waals surface area contributed by atoms with Gasteiger partial charge >= 0.3 is 0 Å². The SMILES string of the molecule is CCCC(C)(CN)OC. The van der Waals surface area contributed by atoms with Crippen molar-refractivity contribution in [3.8, 4) is 0 Å². The van der Waals surface area contributed by atoms with Crippen LogP contribution in [0.15, 0.2) is 0 Å². The van der Waals surface area contributed by atoms with Crippen molar-refractivity contribution in [2.75, 3.05) is 13.7 Å². The lowest BCUT2D eigenvalue weighted by atomic mass is 10.0. The van der Waals surface area contributed by atoms with Crippen LogP contribution in [-0.2, 0) is 4.74 Å². The fourth-order valence-electron chi connectivity index (χ4n) is 0.816. The predicted octanol–water partition coefficient (Wildman–Crippen LogP) is 1.15. The molecule has 0 aliphatic carbocycles. The fraction of sp³-hybridized carbons (Fsp3) is 1.00. The molecule has 0 saturated heterocycles. The first-order valence-corrected chi connectivity index (χ1v) is 3.43. The molecule has 2 heteroatoms. The second kappa shape index (κ2) is 3.85. The molecule has 0 amide bonds. The molecule has 2 nitrogen and oxygen atoms in total. The van der Waals surface area contributed by atoms with Crippen LogP contribution >= 0.6 is 0 Å². The van der Waals surface area contributed by atoms with Gasteiger partial charge in [0, 0.05) is 13.7 Å². The van der Waals surface area contributed by atoms with E-state index in [2.05, 4.69) is 6.92 Å². The van der Waals surface area contributed by atoms with E-state index in [-0.39, 0.29) is 5.60 Å². The largest absolute Gasteiger partial charge is 0.377 e. The molecule has 0 aliphatic rings. The molecular weight excluding hydrogens is 114 g/mol. The van der Waals surface area contributed by atoms with Gasteiger partial charge in [-0.15, -0.1) is 0 Å². The van der Waals surface area contributed by atoms with Gasteiger partial charge in [-0.1, -0.05) is 13.3 Å². The molecule has 0 bridgehead atoms. The van der Waals surface area contributed by atoms with Crippen LogP contribution in [0.25, 0.3) is 0 Å². The van der Waals surface area contributed by atoms with E-state index in [0.717, 1.165) is 12.8 Å². The average Bonchev–Trinajstić information content (AvgIpc) is 1.89. The smallest absolute Gasteiger partial charge is 0.0772 e. The van der Waals surface area contributed by atoms with Crippen LogP contribution in [0.5, 0.6) is 0 Å². The van der Waals surface area contributed by atoms with E-state index in [1.54, 1.807) is 7.11 Å². The highest BCUT2D eigenvalue weighted by Crippen LogP contribution is 2.13. The number of rotatable bonds is 4. The van der Waals surface area contributed by atoms with Crippen molar-refractivity contribution in [1.82, 2.24) is 0 Å². The Labute approximate surface area is 57.4 Å². The summed E-state index contributed by atoms with van der Waals surface area (Å²) in [5, 5.41) is 0. The Bertz CT molecular complexity index is 69.3. The normalized spacial score (nSPS) is 17.3. The van der Waals surface area contributed by atoms with Crippen LogP contribution in [-0.4, -0.2) is 19.3 Å². The molecule has 1 atom stereocenters. The quantitative estimate of drug-likeness (QED) is 0.621. The maximum atomic E-state index is 5.48. The minimum Gasteiger partial charge on any atom is -0.377 e. The first-order valence-electron chi connectivity index (χ1n) is 3.43. The molecular formula is C7H17NO. The zero-order valence-electron chi connectivity index (χ0n) is 6.61. The Morgan fingerprint density at radius 3 is 2.22 bits per heavy atom. The monoisotopic (exact) mass is 131 g/mol. The summed E-state index contributed by atoms with van der Waals surface area (Å²) in [5.74, 6) is 0. The zero-order valence-corrected chi connectivity index (χ0v) is 6.61. The lowest BCUT2D eigenvalue weighted by molar-refractivity contribution is 0.00624. The van der Waals surface area contributed by atoms with Gasteiger partial charge < -0.3 is 10.5 Å². The van der Waals surface area contributed by atoms with Gasteiger partial charge in [-0.25, -0.2) is 0 Å². The van der Waals surface area contributed by atoms with E-state index in [0.29, 0.717) is 6.54 Å². The third-order valence-corrected chi connectivity index (χ3v) is 1.70. The third kappa shape index (κ3) is 2.82. The maximum Gasteiger partial charge on any atom is 0.0772 e. The molecule has 0 rings (SSSR count). The Morgan fingerprint density at radius 1 is 1.56 bits per heavy atom. The summed E-state index contributed by atoms with van der Waals surface area (Å²) < 4.78 is 5.20. The first kappa shape index (κ1) is 8.92. The van der Waals surface area contributed by atoms with Crippen molar-refractivity contribution in [2.45, 2.75) is 32.3 Å². The van der Waals surface area contributed by atoms with E-state index in [4.69, 9.17) is 10.5 Å². The summed E-state index contributed by atoms with van der Waals surface area (Å²) in [6.07, 6.45) is 2.17. The van der Waals surface area contributed by atoms with E-state index in [1.165, 1.54) is 0 Å². The van der Waals surface area contributed by atoms with Crippen LogP contribution < -0.4 is 5.73 Å². The van der Waals surface area contributed by atoms with Gasteiger partial charge in [0.15, 0.2) is 0 Å². The number of methoxy groups -OCH3 is 1. The summed E-state index contributed by atoms with van der Waals surface area (Å²) >= 11 is 0. The summed E-state index contributed by atoms with van der Waals surface area (Å²) in [6, 6.07) is 0. The van der Waals surface area contributed by atoms with Crippen LogP contribution in [0, 0.1) is 0 Å². The number of hydrogen-bond acceptors (Lipinski definition) is 2. The molecule has 2 N–H and O–H groups in total. The highest BCUT2D eigenvalue weighted by atomic mass is 16.5. The Morgan fingerprint density at radius 2 is 2.11 bits per heavy atom. The summed E-state index contributed by atoms with van der Waals surface area (Å²) in [7, 11) is 1.71. The molecule has 9 heavy (non-hydrogen) atoms. The van der Waals surface area contributed by atoms with Crippen LogP contribution in [0.1, 0.15) is 26.7 Å². The highest BCUT2D eigenvalue weighted by molar-refractivity contribution is 4.74. The second-order valence-corrected chi connectivity index (χ2v) is 2.61. The molecule has 0 aromatic rings. The summed E-state index contributed by atoms with van der Waals surface area (Å²) in [6.45, 7) is 4.78. The Balaban J connectivity index is 3.62. The fourth-order valence-corrected chi connectivity index (χ4v) is 0.816. The minimum atomic E-state index is -0.0885. The Kier molecular flexibility index (Phi) is 3.82. The molecule has 0 heterocycles. The van der Waals surface area contributed by atoms with E-state index in [9.17, 15) is 0 Å². The second-order valence-electron chi connectivity index (χ2n) is 2.61. The predicted molar refractivity (Wildman–Crippen MR) is 39.4 cm³/mol. The van der Waals surface area contributed by atoms with Crippen molar-refractivity contribution in [3.05, 3.63) is 0 Å². The molecule has 0 spiro atoms. The van der Waals surface area contributed by atoms with E-state index < -0.39 is 0 Å². The first-order chi connectivity index (χ1) is 4.18. The van der Waals surface area contributed by atoms with Crippen molar-refractivity contribution in [3.63, 3.8) is 0 Å². The zero-order chi connectivity index (χ0) is 7.33. The van der Waals surface area contributed by atoms with Crippen molar-refractivity contribution < 1.29 is 4.74 Å². The van der Waals surface area contributed by atoms with Gasteiger partial charge in [-0.05, 0) is 13.3 Å². The van der Waals surface area contributed by atoms with Gasteiger partial charge in [0.05, 0.1) is 5.60 Å². The molecule has 0 aromatic carbocycles. The standard InChI is InChI=1S/C7H17NO/c1-4-5-7(2,6-8)9-3/h4-6,8H2,1-3H3. The van der Waals surface area contributed by atoms with Gasteiger partial charge in [-0.3, -0.25) is 0 Å². The topological polar surface area (TPSA) is 35.2 Å². The van der Waals surface area contributed by atoms with Crippen LogP contribution in [0.4, 0.5) is 0 Å². The van der Waals surface area contributed by atoms with Crippen molar-refractivity contribution in [1.29, 1.82) is 0 Å². The summed E-state index contributed by atoms with van der Waals surface area (Å²) in [4.78, 5) is 0. The Hall–Kier alpha value is -0.0800. The van der Waals surface area contributed by atoms with Gasteiger partial charge in [-0.2, -0.15) is 0 Å². The van der Waals surface area contributed by atoms with E-state index >= 15 is 0 Å². The van der Waals surface area contributed by atoms with Gasteiger partial charge in [0.2, 0.25) is 0 Å². The number of nitrogens with two attached hydrogens (primary N) is 1. The van der Waals surface area contributed by atoms with Crippen molar-refractivity contribution >= 4 is 0 Å². The molecule has 0 aliphatic heterocycles. The molecule has 0 fully saturated rings. The molecule has 0 saturated carbocycles. The average molecular weight is 131 g/mol. The molecule has 56 valence electrons. The third-order valence-electron chi connectivity index (χ3n) is 1.70. The number of hydrogen-bond donors (Lipinski definition) is 1. The van der Waals surface area contributed by atoms with Gasteiger partial charge in [0.25, 0.3) is 0 Å². The lowest BCUT2D eigenvalue weighted by Crippen LogP contribution is -2.36. The van der Waals surface area contributed by atoms with Crippen molar-refractivity contribution in [2.24, 2.45) is 5.73 Å². The molecule has 0 radical (unpaired) electrons. The highest BCUT2D eigenvalue weighted by Gasteiger charge is 2.19. The lowest BCUT2D eigenvalue weighted by Gasteiger charge is -2.25. The molecule has 1 unspecified atom stereocenters. The molecule has 0 aromatic heterocycles. The van der Waals surface area contributed by atoms with Crippen LogP contribution in [0.2, 0.25) is 0 Å². The minimum absolute atomic E-state index is 0.0885.